The third-order valence-electron chi connectivity index (χ3n) is 5.04. The lowest BCUT2D eigenvalue weighted by Crippen LogP contribution is -2.23. The number of Topliss-reactive ketones (excluding diaryl/α,β-unsaturated/α-hetero) is 1. The van der Waals surface area contributed by atoms with E-state index in [0.29, 0.717) is 29.4 Å². The molecule has 0 spiro atoms. The number of thioether (sulfide) groups is 1. The number of carboxylic acid groups (broad SMARTS) is 1. The Kier molecular flexibility index (Phi) is 9.11. The SMILES string of the molecule is C[C@@](O)(CC=C[C@H]1CCC(=O)[C@@H]1CCSc1nc(C(=O)O)cs1)CCC(F)=C(F)F. The first-order valence-corrected chi connectivity index (χ1v) is 11.4. The summed E-state index contributed by atoms with van der Waals surface area (Å²) in [5.41, 5.74) is -1.30. The number of nitrogens with zero attached hydrogens (tertiary/aromatic N) is 1. The molecule has 1 heterocycles. The van der Waals surface area contributed by atoms with E-state index in [-0.39, 0.29) is 36.2 Å². The number of hydrogen-bond donors (Lipinski definition) is 2. The van der Waals surface area contributed by atoms with E-state index in [0.717, 1.165) is 0 Å². The van der Waals surface area contributed by atoms with Crippen molar-refractivity contribution in [3.05, 3.63) is 35.1 Å². The minimum atomic E-state index is -2.36. The molecule has 1 saturated carbocycles. The Balaban J connectivity index is 1.83. The predicted molar refractivity (Wildman–Crippen MR) is 110 cm³/mol. The van der Waals surface area contributed by atoms with Crippen molar-refractivity contribution < 1.29 is 33.0 Å². The second-order valence-electron chi connectivity index (χ2n) is 7.51. The molecule has 0 radical (unpaired) electrons. The van der Waals surface area contributed by atoms with Gasteiger partial charge in [-0.25, -0.2) is 14.2 Å². The number of aromatic nitrogens is 1. The predicted octanol–water partition coefficient (Wildman–Crippen LogP) is 5.47. The lowest BCUT2D eigenvalue weighted by atomic mass is 9.90. The molecule has 1 aromatic rings. The maximum atomic E-state index is 12.9. The van der Waals surface area contributed by atoms with Gasteiger partial charge in [0.05, 0.1) is 5.60 Å². The van der Waals surface area contributed by atoms with Crippen LogP contribution in [-0.4, -0.2) is 38.3 Å². The number of halogens is 3. The van der Waals surface area contributed by atoms with Crippen molar-refractivity contribution in [2.24, 2.45) is 11.8 Å². The summed E-state index contributed by atoms with van der Waals surface area (Å²) >= 11 is 2.67. The number of carbonyl (C=O) groups is 2. The van der Waals surface area contributed by atoms with Crippen LogP contribution in [0.1, 0.15) is 55.9 Å². The van der Waals surface area contributed by atoms with Gasteiger partial charge in [0.1, 0.15) is 5.78 Å². The summed E-state index contributed by atoms with van der Waals surface area (Å²) < 4.78 is 37.8. The third kappa shape index (κ3) is 7.55. The lowest BCUT2D eigenvalue weighted by molar-refractivity contribution is -0.121. The van der Waals surface area contributed by atoms with E-state index in [4.69, 9.17) is 5.11 Å². The molecule has 0 amide bonds. The first-order valence-electron chi connectivity index (χ1n) is 9.52. The summed E-state index contributed by atoms with van der Waals surface area (Å²) in [6.07, 6.45) is 2.59. The maximum absolute atomic E-state index is 12.9. The molecular formula is C20H24F3NO4S2. The van der Waals surface area contributed by atoms with Gasteiger partial charge in [0.25, 0.3) is 0 Å². The van der Waals surface area contributed by atoms with Crippen molar-refractivity contribution in [1.82, 2.24) is 4.98 Å². The van der Waals surface area contributed by atoms with Crippen LogP contribution in [0.2, 0.25) is 0 Å². The third-order valence-corrected chi connectivity index (χ3v) is 7.09. The zero-order valence-electron chi connectivity index (χ0n) is 16.4. The van der Waals surface area contributed by atoms with Crippen molar-refractivity contribution >= 4 is 34.9 Å². The Morgan fingerprint density at radius 1 is 1.43 bits per heavy atom. The molecule has 10 heteroatoms. The fraction of sp³-hybridized carbons (Fsp3) is 0.550. The highest BCUT2D eigenvalue weighted by Gasteiger charge is 2.32. The zero-order chi connectivity index (χ0) is 22.3. The molecule has 0 saturated heterocycles. The van der Waals surface area contributed by atoms with E-state index in [9.17, 15) is 27.9 Å². The van der Waals surface area contributed by atoms with Crippen LogP contribution >= 0.6 is 23.1 Å². The lowest BCUT2D eigenvalue weighted by Gasteiger charge is -2.21. The van der Waals surface area contributed by atoms with Gasteiger partial charge in [-0.3, -0.25) is 4.79 Å². The molecule has 0 aromatic carbocycles. The van der Waals surface area contributed by atoms with E-state index in [1.807, 2.05) is 6.08 Å². The first-order chi connectivity index (χ1) is 14.1. The van der Waals surface area contributed by atoms with Gasteiger partial charge in [0, 0.05) is 29.9 Å². The molecule has 30 heavy (non-hydrogen) atoms. The van der Waals surface area contributed by atoms with Gasteiger partial charge in [0.2, 0.25) is 0 Å². The molecule has 2 N–H and O–H groups in total. The van der Waals surface area contributed by atoms with E-state index in [1.54, 1.807) is 6.08 Å². The second-order valence-corrected chi connectivity index (χ2v) is 9.71. The van der Waals surface area contributed by atoms with Crippen LogP contribution in [0, 0.1) is 11.8 Å². The summed E-state index contributed by atoms with van der Waals surface area (Å²) in [6, 6.07) is 0. The highest BCUT2D eigenvalue weighted by Crippen LogP contribution is 2.35. The van der Waals surface area contributed by atoms with Gasteiger partial charge in [-0.05, 0) is 38.5 Å². The Bertz CT molecular complexity index is 819. The monoisotopic (exact) mass is 463 g/mol. The van der Waals surface area contributed by atoms with Crippen molar-refractivity contribution in [2.45, 2.75) is 55.4 Å². The van der Waals surface area contributed by atoms with Crippen molar-refractivity contribution in [1.29, 1.82) is 0 Å². The van der Waals surface area contributed by atoms with Crippen LogP contribution < -0.4 is 0 Å². The highest BCUT2D eigenvalue weighted by atomic mass is 32.2. The Morgan fingerprint density at radius 2 is 2.17 bits per heavy atom. The molecule has 1 fully saturated rings. The molecule has 166 valence electrons. The first kappa shape index (κ1) is 24.6. The number of rotatable bonds is 11. The van der Waals surface area contributed by atoms with E-state index in [1.165, 1.54) is 35.4 Å². The average molecular weight is 464 g/mol. The van der Waals surface area contributed by atoms with Crippen molar-refractivity contribution in [2.75, 3.05) is 5.75 Å². The molecule has 1 aliphatic rings. The van der Waals surface area contributed by atoms with Gasteiger partial charge in [-0.2, -0.15) is 8.78 Å². The number of carbonyl (C=O) groups excluding carboxylic acids is 1. The maximum Gasteiger partial charge on any atom is 0.355 e. The summed E-state index contributed by atoms with van der Waals surface area (Å²) in [4.78, 5) is 27.1. The summed E-state index contributed by atoms with van der Waals surface area (Å²) in [5, 5.41) is 20.6. The molecule has 0 aliphatic heterocycles. The van der Waals surface area contributed by atoms with E-state index < -0.39 is 29.9 Å². The molecular weight excluding hydrogens is 439 g/mol. The van der Waals surface area contributed by atoms with Crippen LogP contribution in [0.15, 0.2) is 33.8 Å². The summed E-state index contributed by atoms with van der Waals surface area (Å²) in [6.45, 7) is 1.47. The fourth-order valence-corrected chi connectivity index (χ4v) is 5.20. The van der Waals surface area contributed by atoms with Gasteiger partial charge in [0.15, 0.2) is 15.9 Å². The minimum absolute atomic E-state index is 0.0110. The van der Waals surface area contributed by atoms with Crippen molar-refractivity contribution in [3.63, 3.8) is 0 Å². The largest absolute Gasteiger partial charge is 0.476 e. The Labute approximate surface area is 181 Å². The van der Waals surface area contributed by atoms with E-state index in [2.05, 4.69) is 4.98 Å². The average Bonchev–Trinajstić information content (AvgIpc) is 3.28. The fourth-order valence-electron chi connectivity index (χ4n) is 3.31. The number of hydrogen-bond acceptors (Lipinski definition) is 6. The standard InChI is InChI=1S/C20H24F3NO4S2/c1-20(28,9-6-14(21)17(22)23)8-2-3-12-4-5-16(25)13(12)7-10-29-19-24-15(11-30-19)18(26)27/h2-3,11-13,28H,4-10H2,1H3,(H,26,27)/t12-,13+,20+/m0/s1. The van der Waals surface area contributed by atoms with Crippen LogP contribution in [-0.2, 0) is 4.79 Å². The van der Waals surface area contributed by atoms with Crippen LogP contribution in [0.4, 0.5) is 13.2 Å². The number of allylic oxidation sites excluding steroid dienone is 2. The van der Waals surface area contributed by atoms with Crippen LogP contribution in [0.3, 0.4) is 0 Å². The van der Waals surface area contributed by atoms with Gasteiger partial charge >= 0.3 is 12.0 Å². The highest BCUT2D eigenvalue weighted by molar-refractivity contribution is 8.01. The molecule has 1 aliphatic carbocycles. The zero-order valence-corrected chi connectivity index (χ0v) is 18.1. The normalized spacial score (nSPS) is 21.2. The second kappa shape index (κ2) is 11.1. The Hall–Kier alpha value is -1.65. The van der Waals surface area contributed by atoms with Gasteiger partial charge in [-0.15, -0.1) is 11.3 Å². The van der Waals surface area contributed by atoms with Crippen LogP contribution in [0.5, 0.6) is 0 Å². The minimum Gasteiger partial charge on any atom is -0.476 e. The number of aliphatic hydroxyl groups is 1. The Morgan fingerprint density at radius 3 is 2.80 bits per heavy atom. The van der Waals surface area contributed by atoms with Gasteiger partial charge in [-0.1, -0.05) is 23.9 Å². The number of ketones is 1. The number of carboxylic acids is 1. The quantitative estimate of drug-likeness (QED) is 0.334. The molecule has 0 bridgehead atoms. The van der Waals surface area contributed by atoms with Gasteiger partial charge < -0.3 is 10.2 Å². The van der Waals surface area contributed by atoms with E-state index >= 15 is 0 Å². The molecule has 0 unspecified atom stereocenters. The van der Waals surface area contributed by atoms with Crippen molar-refractivity contribution in [3.8, 4) is 0 Å². The summed E-state index contributed by atoms with van der Waals surface area (Å²) in [7, 11) is 0. The number of thiazole rings is 1. The number of aromatic carboxylic acids is 1. The molecule has 1 aromatic heterocycles. The summed E-state index contributed by atoms with van der Waals surface area (Å²) in [5.74, 6) is -1.90. The molecule has 5 nitrogen and oxygen atoms in total. The topological polar surface area (TPSA) is 87.5 Å². The molecule has 2 rings (SSSR count). The smallest absolute Gasteiger partial charge is 0.355 e. The molecule has 3 atom stereocenters. The van der Waals surface area contributed by atoms with Crippen LogP contribution in [0.25, 0.3) is 0 Å².